The van der Waals surface area contributed by atoms with Crippen LogP contribution >= 0.6 is 35.0 Å². The maximum Gasteiger partial charge on any atom is 0.298 e. The second-order valence-corrected chi connectivity index (χ2v) is 7.99. The molecule has 0 saturated carbocycles. The summed E-state index contributed by atoms with van der Waals surface area (Å²) < 4.78 is 5.80. The fourth-order valence-corrected chi connectivity index (χ4v) is 3.94. The lowest BCUT2D eigenvalue weighted by molar-refractivity contribution is -0.113. The van der Waals surface area contributed by atoms with Gasteiger partial charge in [-0.3, -0.25) is 9.59 Å². The van der Waals surface area contributed by atoms with E-state index in [4.69, 9.17) is 27.6 Å². The van der Waals surface area contributed by atoms with E-state index in [0.717, 1.165) is 22.9 Å². The largest absolute Gasteiger partial charge is 0.457 e. The van der Waals surface area contributed by atoms with Crippen LogP contribution in [0.3, 0.4) is 0 Å². The summed E-state index contributed by atoms with van der Waals surface area (Å²) in [4.78, 5) is 26.6. The van der Waals surface area contributed by atoms with Crippen molar-refractivity contribution in [2.24, 2.45) is 0 Å². The fraction of sp³-hybridized carbons (Fsp3) is 0.0476. The summed E-state index contributed by atoms with van der Waals surface area (Å²) >= 11 is 12.9. The van der Waals surface area contributed by atoms with Crippen LogP contribution in [-0.2, 0) is 4.79 Å². The molecule has 4 nitrogen and oxygen atoms in total. The molecule has 0 aliphatic carbocycles. The number of rotatable bonds is 3. The molecule has 2 heterocycles. The third kappa shape index (κ3) is 3.61. The fourth-order valence-electron chi connectivity index (χ4n) is 2.82. The lowest BCUT2D eigenvalue weighted by Gasteiger charge is -2.12. The van der Waals surface area contributed by atoms with Crippen LogP contribution in [0.4, 0.5) is 10.5 Å². The number of amides is 2. The Bertz CT molecular complexity index is 1140. The molecule has 1 aliphatic rings. The molecule has 4 rings (SSSR count). The molecule has 0 N–H and O–H groups in total. The van der Waals surface area contributed by atoms with Gasteiger partial charge in [0.2, 0.25) is 0 Å². The number of thioether (sulfide) groups is 1. The van der Waals surface area contributed by atoms with Gasteiger partial charge in [0.25, 0.3) is 11.1 Å². The van der Waals surface area contributed by atoms with Gasteiger partial charge in [-0.25, -0.2) is 4.90 Å². The summed E-state index contributed by atoms with van der Waals surface area (Å²) in [7, 11) is 0. The minimum atomic E-state index is -0.368. The quantitative estimate of drug-likeness (QED) is 0.429. The molecule has 28 heavy (non-hydrogen) atoms. The molecule has 0 unspecified atom stereocenters. The summed E-state index contributed by atoms with van der Waals surface area (Å²) in [5, 5.41) is 0.552. The number of carbonyl (C=O) groups is 2. The van der Waals surface area contributed by atoms with Gasteiger partial charge in [0, 0.05) is 11.6 Å². The highest BCUT2D eigenvalue weighted by Crippen LogP contribution is 2.37. The van der Waals surface area contributed by atoms with Gasteiger partial charge in [-0.05, 0) is 66.7 Å². The van der Waals surface area contributed by atoms with Crippen molar-refractivity contribution in [2.75, 3.05) is 4.90 Å². The number of halogens is 2. The van der Waals surface area contributed by atoms with Gasteiger partial charge in [0.05, 0.1) is 20.6 Å². The Labute approximate surface area is 175 Å². The molecule has 0 atom stereocenters. The monoisotopic (exact) mass is 429 g/mol. The first-order valence-electron chi connectivity index (χ1n) is 8.32. The number of furan rings is 1. The minimum absolute atomic E-state index is 0.307. The minimum Gasteiger partial charge on any atom is -0.457 e. The molecule has 1 saturated heterocycles. The van der Waals surface area contributed by atoms with Crippen LogP contribution in [0.1, 0.15) is 11.3 Å². The van der Waals surface area contributed by atoms with Crippen LogP contribution in [0.25, 0.3) is 17.4 Å². The smallest absolute Gasteiger partial charge is 0.298 e. The van der Waals surface area contributed by atoms with Crippen molar-refractivity contribution in [3.63, 3.8) is 0 Å². The Morgan fingerprint density at radius 2 is 1.82 bits per heavy atom. The van der Waals surface area contributed by atoms with Crippen LogP contribution < -0.4 is 4.90 Å². The van der Waals surface area contributed by atoms with Gasteiger partial charge in [0.15, 0.2) is 0 Å². The van der Waals surface area contributed by atoms with Crippen molar-refractivity contribution < 1.29 is 14.0 Å². The first kappa shape index (κ1) is 18.9. The van der Waals surface area contributed by atoms with E-state index in [-0.39, 0.29) is 11.1 Å². The van der Waals surface area contributed by atoms with E-state index in [1.807, 2.05) is 19.1 Å². The zero-order chi connectivity index (χ0) is 19.8. The number of anilines is 1. The molecule has 7 heteroatoms. The van der Waals surface area contributed by atoms with Gasteiger partial charge >= 0.3 is 0 Å². The first-order chi connectivity index (χ1) is 13.4. The van der Waals surface area contributed by atoms with E-state index in [9.17, 15) is 9.59 Å². The van der Waals surface area contributed by atoms with Crippen LogP contribution in [0.5, 0.6) is 0 Å². The van der Waals surface area contributed by atoms with E-state index in [2.05, 4.69) is 0 Å². The van der Waals surface area contributed by atoms with E-state index in [0.29, 0.717) is 32.2 Å². The Kier molecular flexibility index (Phi) is 5.06. The number of hydrogen-bond donors (Lipinski definition) is 0. The number of carbonyl (C=O) groups excluding carboxylic acids is 2. The molecular formula is C21H13Cl2NO3S. The third-order valence-electron chi connectivity index (χ3n) is 4.16. The van der Waals surface area contributed by atoms with Crippen LogP contribution in [0.2, 0.25) is 10.0 Å². The van der Waals surface area contributed by atoms with E-state index in [1.165, 1.54) is 4.90 Å². The maximum atomic E-state index is 12.7. The third-order valence-corrected chi connectivity index (χ3v) is 5.77. The van der Waals surface area contributed by atoms with Crippen molar-refractivity contribution in [1.29, 1.82) is 0 Å². The van der Waals surface area contributed by atoms with Crippen LogP contribution in [0.15, 0.2) is 63.9 Å². The van der Waals surface area contributed by atoms with Gasteiger partial charge in [-0.2, -0.15) is 0 Å². The van der Waals surface area contributed by atoms with Gasteiger partial charge < -0.3 is 4.42 Å². The summed E-state index contributed by atoms with van der Waals surface area (Å²) in [6, 6.07) is 16.0. The van der Waals surface area contributed by atoms with Gasteiger partial charge in [-0.15, -0.1) is 0 Å². The van der Waals surface area contributed by atoms with Crippen molar-refractivity contribution in [2.45, 2.75) is 6.92 Å². The molecule has 0 bridgehead atoms. The number of imide groups is 1. The molecule has 1 aliphatic heterocycles. The molecule has 0 radical (unpaired) electrons. The zero-order valence-corrected chi connectivity index (χ0v) is 16.9. The predicted octanol–water partition coefficient (Wildman–Crippen LogP) is 6.80. The predicted molar refractivity (Wildman–Crippen MR) is 114 cm³/mol. The Morgan fingerprint density at radius 3 is 2.57 bits per heavy atom. The molecule has 0 spiro atoms. The highest BCUT2D eigenvalue weighted by atomic mass is 35.5. The summed E-state index contributed by atoms with van der Waals surface area (Å²) in [6.45, 7) is 1.91. The van der Waals surface area contributed by atoms with E-state index >= 15 is 0 Å². The van der Waals surface area contributed by atoms with E-state index in [1.54, 1.807) is 48.5 Å². The molecule has 1 fully saturated rings. The SMILES string of the molecule is Cc1cccc(N2C(=O)S/C(=C/c3ccc(-c4ccc(Cl)c(Cl)c4)o3)C2=O)c1. The molecule has 2 amide bonds. The number of nitrogens with zero attached hydrogens (tertiary/aromatic N) is 1. The van der Waals surface area contributed by atoms with E-state index < -0.39 is 0 Å². The molecular weight excluding hydrogens is 417 g/mol. The topological polar surface area (TPSA) is 50.5 Å². The average molecular weight is 430 g/mol. The van der Waals surface area contributed by atoms with Crippen LogP contribution in [0, 0.1) is 6.92 Å². The molecule has 1 aromatic heterocycles. The number of hydrogen-bond acceptors (Lipinski definition) is 4. The second kappa shape index (κ2) is 7.51. The molecule has 2 aromatic carbocycles. The highest BCUT2D eigenvalue weighted by molar-refractivity contribution is 8.19. The summed E-state index contributed by atoms with van der Waals surface area (Å²) in [5.74, 6) is 0.687. The highest BCUT2D eigenvalue weighted by Gasteiger charge is 2.36. The van der Waals surface area contributed by atoms with Crippen molar-refractivity contribution in [3.8, 4) is 11.3 Å². The zero-order valence-electron chi connectivity index (χ0n) is 14.6. The van der Waals surface area contributed by atoms with Gasteiger partial charge in [-0.1, -0.05) is 35.3 Å². The molecule has 140 valence electrons. The Hall–Kier alpha value is -2.47. The summed E-state index contributed by atoms with van der Waals surface area (Å²) in [6.07, 6.45) is 1.57. The average Bonchev–Trinajstić information content (AvgIpc) is 3.22. The Balaban J connectivity index is 1.61. The Morgan fingerprint density at radius 1 is 1.00 bits per heavy atom. The first-order valence-corrected chi connectivity index (χ1v) is 9.89. The van der Waals surface area contributed by atoms with Crippen molar-refractivity contribution in [1.82, 2.24) is 0 Å². The van der Waals surface area contributed by atoms with Crippen LogP contribution in [-0.4, -0.2) is 11.1 Å². The number of benzene rings is 2. The summed E-state index contributed by atoms with van der Waals surface area (Å²) in [5.41, 5.74) is 2.29. The normalized spacial score (nSPS) is 15.7. The standard InChI is InChI=1S/C21H13Cl2NO3S/c1-12-3-2-4-14(9-12)24-20(25)19(28-21(24)26)11-15-6-8-18(27-15)13-5-7-16(22)17(23)10-13/h2-11H,1H3/b19-11+. The lowest BCUT2D eigenvalue weighted by atomic mass is 10.2. The molecule has 3 aromatic rings. The van der Waals surface area contributed by atoms with Gasteiger partial charge in [0.1, 0.15) is 11.5 Å². The number of aryl methyl sites for hydroxylation is 1. The van der Waals surface area contributed by atoms with Crippen molar-refractivity contribution >= 4 is 57.9 Å². The second-order valence-electron chi connectivity index (χ2n) is 6.19. The maximum absolute atomic E-state index is 12.7. The lowest BCUT2D eigenvalue weighted by Crippen LogP contribution is -2.27. The van der Waals surface area contributed by atoms with Crippen molar-refractivity contribution in [3.05, 3.63) is 80.9 Å².